The number of carbonyl (C=O) groups excluding carboxylic acids is 4. The Labute approximate surface area is 79.8 Å². The van der Waals surface area contributed by atoms with Gasteiger partial charge in [0.1, 0.15) is 0 Å². The maximum Gasteiger partial charge on any atom is 1.00 e. The molecule has 0 saturated heterocycles. The van der Waals surface area contributed by atoms with Gasteiger partial charge in [-0.2, -0.15) is 9.59 Å². The van der Waals surface area contributed by atoms with Crippen molar-refractivity contribution in [2.45, 2.75) is 22.3 Å². The van der Waals surface area contributed by atoms with Gasteiger partial charge in [-0.3, -0.25) is 4.79 Å². The van der Waals surface area contributed by atoms with Gasteiger partial charge in [0.2, 0.25) is 0 Å². The molecular formula is C6H18O7. The normalized spacial score (nSPS) is 3.15. The molecule has 0 radical (unpaired) electrons. The van der Waals surface area contributed by atoms with Crippen molar-refractivity contribution in [3.05, 3.63) is 0 Å². The minimum absolute atomic E-state index is 0. The fourth-order valence-corrected chi connectivity index (χ4v) is 0. The van der Waals surface area contributed by atoms with Crippen LogP contribution < -0.4 is 5.11 Å². The van der Waals surface area contributed by atoms with E-state index < -0.39 is 6.47 Å². The molecule has 0 spiro atoms. The molecule has 0 unspecified atom stereocenters. The third-order valence-electron chi connectivity index (χ3n) is 0.0430. The summed E-state index contributed by atoms with van der Waals surface area (Å²) in [6.45, 7) is -0.569. The Morgan fingerprint density at radius 1 is 1.31 bits per heavy atom. The van der Waals surface area contributed by atoms with E-state index in [1.54, 1.807) is 0 Å². The molecule has 0 fully saturated rings. The second kappa shape index (κ2) is 170. The molecular weight excluding hydrogens is 184 g/mol. The molecule has 7 nitrogen and oxygen atoms in total. The number of carboxylic acid groups (broad SMARTS) is 1. The van der Waals surface area contributed by atoms with Crippen LogP contribution in [0.1, 0.15) is 25.1 Å². The Balaban J connectivity index is -0.00000000707. The standard InChI is InChI=1S/CH2O3.CH2O2.CO2.3CH4.H2/c2-1-4-3;2*2-1-3;;;;/h1,3H;1H,(H,2,3);;3*1H4;1H. The maximum atomic E-state index is 8.70. The van der Waals surface area contributed by atoms with Gasteiger partial charge in [0.15, 0.2) is 0 Å². The van der Waals surface area contributed by atoms with Crippen molar-refractivity contribution < 1.29 is 37.3 Å². The summed E-state index contributed by atoms with van der Waals surface area (Å²) in [5, 5.41) is 15.3. The summed E-state index contributed by atoms with van der Waals surface area (Å²) in [5.41, 5.74) is 0. The molecule has 0 amide bonds. The van der Waals surface area contributed by atoms with Crippen molar-refractivity contribution in [1.82, 2.24) is 0 Å². The van der Waals surface area contributed by atoms with Crippen molar-refractivity contribution in [2.24, 2.45) is 0 Å². The molecule has 0 aliphatic heterocycles. The summed E-state index contributed by atoms with van der Waals surface area (Å²) in [6, 6.07) is 0. The minimum Gasteiger partial charge on any atom is -0.554 e. The first kappa shape index (κ1) is 42.8. The summed E-state index contributed by atoms with van der Waals surface area (Å²) in [7, 11) is 0. The Kier molecular flexibility index (Phi) is 560. The van der Waals surface area contributed by atoms with Crippen LogP contribution in [0.15, 0.2) is 0 Å². The predicted molar refractivity (Wildman–Crippen MR) is 44.3 cm³/mol. The number of carbonyl (C=O) groups is 2. The predicted octanol–water partition coefficient (Wildman–Crippen LogP) is -0.318. The summed E-state index contributed by atoms with van der Waals surface area (Å²) in [5.74, 6) is 0. The average Bonchev–Trinajstić information content (AvgIpc) is 1.91. The summed E-state index contributed by atoms with van der Waals surface area (Å²) in [4.78, 5) is 36.1. The number of rotatable bonds is 1. The molecule has 13 heavy (non-hydrogen) atoms. The van der Waals surface area contributed by atoms with Gasteiger partial charge in [-0.25, -0.2) is 5.26 Å². The lowest BCUT2D eigenvalue weighted by atomic mass is 11.7. The zero-order valence-electron chi connectivity index (χ0n) is 5.55. The highest BCUT2D eigenvalue weighted by Gasteiger charge is 1.47. The van der Waals surface area contributed by atoms with Crippen LogP contribution in [0.4, 0.5) is 0 Å². The molecule has 1 N–H and O–H groups in total. The second-order valence-corrected chi connectivity index (χ2v) is 0.381. The first-order chi connectivity index (χ1) is 4.74. The first-order valence-corrected chi connectivity index (χ1v) is 1.53. The number of hydrogen-bond donors (Lipinski definition) is 1. The van der Waals surface area contributed by atoms with E-state index in [0.717, 1.165) is 0 Å². The largest absolute Gasteiger partial charge is 1.00 e. The van der Waals surface area contributed by atoms with Crippen molar-refractivity contribution in [3.63, 3.8) is 0 Å². The molecule has 0 saturated carbocycles. The molecule has 0 aliphatic carbocycles. The lowest BCUT2D eigenvalue weighted by Crippen LogP contribution is -2.01. The molecule has 0 bridgehead atoms. The monoisotopic (exact) mass is 202 g/mol. The van der Waals surface area contributed by atoms with Gasteiger partial charge in [0.05, 0.1) is 0 Å². The van der Waals surface area contributed by atoms with E-state index in [1.165, 1.54) is 0 Å². The van der Waals surface area contributed by atoms with Crippen LogP contribution in [0.2, 0.25) is 0 Å². The average molecular weight is 202 g/mol. The molecule has 84 valence electrons. The Hall–Kier alpha value is -1.72. The molecule has 0 aromatic carbocycles. The topological polar surface area (TPSA) is 121 Å². The van der Waals surface area contributed by atoms with Gasteiger partial charge in [-0.1, -0.05) is 22.3 Å². The molecule has 7 heteroatoms. The van der Waals surface area contributed by atoms with Crippen LogP contribution in [0.25, 0.3) is 0 Å². The molecule has 0 aliphatic rings. The van der Waals surface area contributed by atoms with Gasteiger partial charge >= 0.3 is 14.1 Å². The fourth-order valence-electron chi connectivity index (χ4n) is 0. The first-order valence-electron chi connectivity index (χ1n) is 1.53. The van der Waals surface area contributed by atoms with Crippen molar-refractivity contribution >= 4 is 19.1 Å². The molecule has 0 rings (SSSR count). The van der Waals surface area contributed by atoms with E-state index in [0.29, 0.717) is 0 Å². The van der Waals surface area contributed by atoms with Crippen LogP contribution in [0.3, 0.4) is 0 Å². The lowest BCUT2D eigenvalue weighted by molar-refractivity contribution is -0.283. The number of hydrogen-bond acceptors (Lipinski definition) is 7. The second-order valence-electron chi connectivity index (χ2n) is 0.381. The third-order valence-corrected chi connectivity index (χ3v) is 0.0430. The van der Waals surface area contributed by atoms with Crippen LogP contribution in [0.5, 0.6) is 0 Å². The van der Waals surface area contributed by atoms with E-state index in [-0.39, 0.29) is 37.8 Å². The summed E-state index contributed by atoms with van der Waals surface area (Å²) in [6.07, 6.45) is 0.250. The lowest BCUT2D eigenvalue weighted by Gasteiger charge is -1.63. The highest BCUT2D eigenvalue weighted by atomic mass is 17.1. The van der Waals surface area contributed by atoms with Crippen LogP contribution in [0, 0.1) is 0 Å². The van der Waals surface area contributed by atoms with Gasteiger partial charge in [0.25, 0.3) is 0 Å². The maximum absolute atomic E-state index is 8.70. The van der Waals surface area contributed by atoms with Gasteiger partial charge < -0.3 is 14.8 Å². The van der Waals surface area contributed by atoms with E-state index in [2.05, 4.69) is 4.89 Å². The zero-order valence-corrected chi connectivity index (χ0v) is 4.55. The highest BCUT2D eigenvalue weighted by Crippen LogP contribution is 1.33. The molecule has 0 aromatic rings. The van der Waals surface area contributed by atoms with Gasteiger partial charge in [-0.15, -0.1) is 0 Å². The van der Waals surface area contributed by atoms with Crippen LogP contribution >= 0.6 is 0 Å². The van der Waals surface area contributed by atoms with Gasteiger partial charge in [0, 0.05) is 7.90 Å². The van der Waals surface area contributed by atoms with Crippen molar-refractivity contribution in [1.29, 1.82) is 0 Å². The van der Waals surface area contributed by atoms with E-state index in [9.17, 15) is 0 Å². The Morgan fingerprint density at radius 2 is 1.38 bits per heavy atom. The SMILES string of the molecule is C.C.C.O=C=O.O=COO.O=C[O-].[H+].[HH]. The summed E-state index contributed by atoms with van der Waals surface area (Å²) >= 11 is 0. The third kappa shape index (κ3) is 1360. The Bertz CT molecular complexity index is 104. The molecule has 0 heterocycles. The summed E-state index contributed by atoms with van der Waals surface area (Å²) < 4.78 is 0. The molecule has 0 aromatic heterocycles. The smallest absolute Gasteiger partial charge is 0.554 e. The molecule has 0 atom stereocenters. The van der Waals surface area contributed by atoms with Crippen LogP contribution in [-0.2, 0) is 24.1 Å². The van der Waals surface area contributed by atoms with Gasteiger partial charge in [-0.05, 0) is 0 Å². The van der Waals surface area contributed by atoms with Crippen molar-refractivity contribution in [2.75, 3.05) is 0 Å². The minimum atomic E-state index is -0.500. The Morgan fingerprint density at radius 3 is 1.38 bits per heavy atom. The van der Waals surface area contributed by atoms with Crippen LogP contribution in [-0.4, -0.2) is 24.4 Å². The van der Waals surface area contributed by atoms with E-state index in [1.807, 2.05) is 0 Å². The fraction of sp³-hybridized carbons (Fsp3) is 0.500. The quantitative estimate of drug-likeness (QED) is 0.351. The zero-order chi connectivity index (χ0) is 8.83. The van der Waals surface area contributed by atoms with E-state index in [4.69, 9.17) is 29.5 Å². The van der Waals surface area contributed by atoms with E-state index >= 15 is 0 Å². The highest BCUT2D eigenvalue weighted by molar-refractivity contribution is 5.35. The van der Waals surface area contributed by atoms with Crippen molar-refractivity contribution in [3.8, 4) is 0 Å².